The van der Waals surface area contributed by atoms with Gasteiger partial charge in [0.15, 0.2) is 29.7 Å². The zero-order chi connectivity index (χ0) is 20.0. The lowest BCUT2D eigenvalue weighted by atomic mass is 9.80. The lowest BCUT2D eigenvalue weighted by Gasteiger charge is -2.49. The molecule has 0 spiro atoms. The van der Waals surface area contributed by atoms with Crippen LogP contribution in [0.4, 0.5) is 13.2 Å². The zero-order valence-corrected chi connectivity index (χ0v) is 15.2. The maximum absolute atomic E-state index is 14.7. The highest BCUT2D eigenvalue weighted by molar-refractivity contribution is 6.12. The normalized spacial score (nSPS) is 34.4. The Labute approximate surface area is 160 Å². The topological polar surface area (TPSA) is 55.8 Å². The van der Waals surface area contributed by atoms with Crippen LogP contribution in [0.1, 0.15) is 13.3 Å². The summed E-state index contributed by atoms with van der Waals surface area (Å²) in [5.41, 5.74) is -0.663. The Hall–Kier alpha value is -2.51. The van der Waals surface area contributed by atoms with E-state index in [0.717, 1.165) is 0 Å². The molecule has 0 amide bonds. The monoisotopic (exact) mass is 395 g/mol. The van der Waals surface area contributed by atoms with Gasteiger partial charge in [-0.3, -0.25) is 9.59 Å². The minimum Gasteiger partial charge on any atom is -0.490 e. The number of hydrogen-bond donors (Lipinski definition) is 0. The average molecular weight is 395 g/mol. The summed E-state index contributed by atoms with van der Waals surface area (Å²) < 4.78 is 53.8. The highest BCUT2D eigenvalue weighted by atomic mass is 19.2. The molecule has 4 aliphatic rings. The van der Waals surface area contributed by atoms with Gasteiger partial charge in [-0.1, -0.05) is 24.3 Å². The van der Waals surface area contributed by atoms with Crippen molar-refractivity contribution in [2.45, 2.75) is 31.7 Å². The first-order valence-corrected chi connectivity index (χ1v) is 9.31. The summed E-state index contributed by atoms with van der Waals surface area (Å²) in [6.45, 7) is 1.61. The van der Waals surface area contributed by atoms with Crippen molar-refractivity contribution < 1.29 is 32.2 Å². The van der Waals surface area contributed by atoms with Crippen molar-refractivity contribution in [1.29, 1.82) is 0 Å². The average Bonchev–Trinajstić information content (AvgIpc) is 2.71. The molecule has 28 heavy (non-hydrogen) atoms. The zero-order valence-electron chi connectivity index (χ0n) is 15.2. The Morgan fingerprint density at radius 2 is 2.11 bits per heavy atom. The van der Waals surface area contributed by atoms with Crippen molar-refractivity contribution in [3.8, 4) is 0 Å². The maximum Gasteiger partial charge on any atom is 0.318 e. The van der Waals surface area contributed by atoms with Gasteiger partial charge in [0.25, 0.3) is 0 Å². The number of ether oxygens (including phenoxy) is 2. The highest BCUT2D eigenvalue weighted by Gasteiger charge is 2.53. The molecule has 150 valence electrons. The van der Waals surface area contributed by atoms with Crippen LogP contribution >= 0.6 is 0 Å². The van der Waals surface area contributed by atoms with Crippen LogP contribution < -0.4 is 0 Å². The van der Waals surface area contributed by atoms with Gasteiger partial charge in [-0.25, -0.2) is 13.2 Å². The van der Waals surface area contributed by atoms with E-state index < -0.39 is 41.4 Å². The van der Waals surface area contributed by atoms with Gasteiger partial charge in [-0.15, -0.1) is 0 Å². The van der Waals surface area contributed by atoms with Crippen LogP contribution in [-0.4, -0.2) is 54.8 Å². The number of rotatable bonds is 3. The molecule has 1 fully saturated rings. The number of esters is 1. The Bertz CT molecular complexity index is 831. The predicted octanol–water partition coefficient (Wildman–Crippen LogP) is 2.71. The molecular formula is C20H20F3NO4. The van der Waals surface area contributed by atoms with E-state index in [2.05, 4.69) is 0 Å². The van der Waals surface area contributed by atoms with Crippen molar-refractivity contribution in [1.82, 2.24) is 4.90 Å². The smallest absolute Gasteiger partial charge is 0.318 e. The molecule has 0 aromatic heterocycles. The van der Waals surface area contributed by atoms with Gasteiger partial charge in [-0.2, -0.15) is 0 Å². The molecule has 2 aliphatic heterocycles. The number of Topliss-reactive ketones (excluding diaryl/α,β-unsaturated/α-hetero) is 1. The maximum atomic E-state index is 14.7. The van der Waals surface area contributed by atoms with Gasteiger partial charge in [0, 0.05) is 12.5 Å². The van der Waals surface area contributed by atoms with E-state index in [-0.39, 0.29) is 43.2 Å². The number of halogens is 3. The third kappa shape index (κ3) is 2.77. The van der Waals surface area contributed by atoms with Crippen molar-refractivity contribution in [2.75, 3.05) is 19.8 Å². The first-order chi connectivity index (χ1) is 13.5. The number of nitrogens with zero attached hydrogens (tertiary/aromatic N) is 1. The Morgan fingerprint density at radius 3 is 2.79 bits per heavy atom. The first-order valence-electron chi connectivity index (χ1n) is 9.31. The van der Waals surface area contributed by atoms with E-state index in [1.54, 1.807) is 11.8 Å². The van der Waals surface area contributed by atoms with Gasteiger partial charge >= 0.3 is 5.97 Å². The molecule has 0 bridgehead atoms. The SMILES string of the molecule is CCOC(=O)C1CN2C3=C(OC[C@@H]2C2C=CC=CC2)C(F)C(F)C(F)=C3C1=O. The summed E-state index contributed by atoms with van der Waals surface area (Å²) in [7, 11) is 0. The summed E-state index contributed by atoms with van der Waals surface area (Å²) in [6.07, 6.45) is 3.38. The third-order valence-electron chi connectivity index (χ3n) is 5.58. The second-order valence-electron chi connectivity index (χ2n) is 7.15. The second-order valence-corrected chi connectivity index (χ2v) is 7.15. The fourth-order valence-corrected chi connectivity index (χ4v) is 4.21. The molecule has 2 heterocycles. The number of carbonyl (C=O) groups excluding carboxylic acids is 2. The lowest BCUT2D eigenvalue weighted by Crippen LogP contribution is -2.57. The second kappa shape index (κ2) is 7.14. The number of alkyl halides is 2. The predicted molar refractivity (Wildman–Crippen MR) is 92.9 cm³/mol. The molecule has 4 unspecified atom stereocenters. The molecule has 2 aliphatic carbocycles. The van der Waals surface area contributed by atoms with Gasteiger partial charge in [0.2, 0.25) is 0 Å². The molecule has 1 saturated heterocycles. The summed E-state index contributed by atoms with van der Waals surface area (Å²) in [4.78, 5) is 26.8. The number of carbonyl (C=O) groups is 2. The van der Waals surface area contributed by atoms with Gasteiger partial charge < -0.3 is 14.4 Å². The number of hydrogen-bond acceptors (Lipinski definition) is 5. The van der Waals surface area contributed by atoms with Crippen LogP contribution in [-0.2, 0) is 19.1 Å². The van der Waals surface area contributed by atoms with E-state index >= 15 is 0 Å². The molecule has 8 heteroatoms. The van der Waals surface area contributed by atoms with Crippen LogP contribution in [0.25, 0.3) is 0 Å². The minimum absolute atomic E-state index is 0.0411. The quantitative estimate of drug-likeness (QED) is 0.543. The van der Waals surface area contributed by atoms with E-state index in [0.29, 0.717) is 6.42 Å². The largest absolute Gasteiger partial charge is 0.490 e. The van der Waals surface area contributed by atoms with E-state index in [1.807, 2.05) is 24.3 Å². The molecule has 0 aromatic carbocycles. The molecule has 4 rings (SSSR count). The Kier molecular flexibility index (Phi) is 4.81. The van der Waals surface area contributed by atoms with Crippen molar-refractivity contribution >= 4 is 11.8 Å². The molecule has 5 nitrogen and oxygen atoms in total. The van der Waals surface area contributed by atoms with E-state index in [4.69, 9.17) is 9.47 Å². The summed E-state index contributed by atoms with van der Waals surface area (Å²) in [6, 6.07) is -0.351. The standard InChI is InChI=1S/C20H20F3NO4/c1-2-27-20(26)11-8-24-12(10-6-4-3-5-7-10)9-28-19-16(23)15(22)14(21)13(17(19)24)18(11)25/h3-6,10-12,15-16H,2,7-9H2,1H3/t10?,11?,12-,15?,16?/m1/s1. The lowest BCUT2D eigenvalue weighted by molar-refractivity contribution is -0.153. The molecule has 5 atom stereocenters. The Morgan fingerprint density at radius 1 is 1.32 bits per heavy atom. The van der Waals surface area contributed by atoms with Crippen LogP contribution in [0.3, 0.4) is 0 Å². The minimum atomic E-state index is -2.63. The van der Waals surface area contributed by atoms with Crippen molar-refractivity contribution in [3.05, 3.63) is 47.2 Å². The summed E-state index contributed by atoms with van der Waals surface area (Å²) in [5.74, 6) is -4.88. The Balaban J connectivity index is 1.80. The van der Waals surface area contributed by atoms with Crippen LogP contribution in [0.5, 0.6) is 0 Å². The van der Waals surface area contributed by atoms with Crippen molar-refractivity contribution in [3.63, 3.8) is 0 Å². The molecule has 0 N–H and O–H groups in total. The molecule has 0 radical (unpaired) electrons. The van der Waals surface area contributed by atoms with Crippen molar-refractivity contribution in [2.24, 2.45) is 11.8 Å². The van der Waals surface area contributed by atoms with Gasteiger partial charge in [-0.05, 0) is 13.3 Å². The van der Waals surface area contributed by atoms with Crippen LogP contribution in [0.2, 0.25) is 0 Å². The molecule has 0 aromatic rings. The van der Waals surface area contributed by atoms with Crippen LogP contribution in [0.15, 0.2) is 47.2 Å². The fourth-order valence-electron chi connectivity index (χ4n) is 4.21. The molecule has 0 saturated carbocycles. The molecular weight excluding hydrogens is 375 g/mol. The summed E-state index contributed by atoms with van der Waals surface area (Å²) >= 11 is 0. The van der Waals surface area contributed by atoms with Gasteiger partial charge in [0.05, 0.1) is 23.9 Å². The first kappa shape index (κ1) is 18.8. The van der Waals surface area contributed by atoms with Gasteiger partial charge in [0.1, 0.15) is 12.5 Å². The van der Waals surface area contributed by atoms with Crippen LogP contribution in [0, 0.1) is 11.8 Å². The number of piperidine rings is 1. The highest BCUT2D eigenvalue weighted by Crippen LogP contribution is 2.46. The van der Waals surface area contributed by atoms with E-state index in [1.165, 1.54) is 0 Å². The fraction of sp³-hybridized carbons (Fsp3) is 0.500. The van der Waals surface area contributed by atoms with E-state index in [9.17, 15) is 22.8 Å². The number of allylic oxidation sites excluding steroid dienone is 6. The summed E-state index contributed by atoms with van der Waals surface area (Å²) in [5, 5.41) is 0. The number of ketones is 1. The third-order valence-corrected chi connectivity index (χ3v) is 5.58.